The zero-order valence-corrected chi connectivity index (χ0v) is 22.1. The summed E-state index contributed by atoms with van der Waals surface area (Å²) in [6.45, 7) is 0.926. The number of pyridine rings is 1. The molecule has 2 heterocycles. The number of aliphatic hydroxyl groups excluding tert-OH is 1. The maximum atomic E-state index is 14.3. The third kappa shape index (κ3) is 6.51. The van der Waals surface area contributed by atoms with Gasteiger partial charge in [-0.2, -0.15) is 17.5 Å². The van der Waals surface area contributed by atoms with Gasteiger partial charge in [-0.05, 0) is 48.6 Å². The van der Waals surface area contributed by atoms with Gasteiger partial charge in [-0.15, -0.1) is 0 Å². The van der Waals surface area contributed by atoms with Gasteiger partial charge < -0.3 is 15.3 Å². The van der Waals surface area contributed by atoms with Crippen molar-refractivity contribution in [3.05, 3.63) is 89.0 Å². The van der Waals surface area contributed by atoms with Crippen molar-refractivity contribution in [3.63, 3.8) is 0 Å². The lowest BCUT2D eigenvalue weighted by Gasteiger charge is -2.34. The average molecular weight is 567 g/mol. The van der Waals surface area contributed by atoms with Crippen LogP contribution < -0.4 is 10.2 Å². The summed E-state index contributed by atoms with van der Waals surface area (Å²) in [5, 5.41) is 11.9. The number of nitrogens with zero attached hydrogens (tertiary/aromatic N) is 3. The van der Waals surface area contributed by atoms with E-state index in [0.29, 0.717) is 39.7 Å². The minimum atomic E-state index is -5.61. The van der Waals surface area contributed by atoms with Gasteiger partial charge in [0.1, 0.15) is 0 Å². The highest BCUT2D eigenvalue weighted by Gasteiger charge is 2.51. The molecule has 0 aliphatic carbocycles. The predicted molar refractivity (Wildman–Crippen MR) is 141 cm³/mol. The summed E-state index contributed by atoms with van der Waals surface area (Å²) in [6.07, 6.45) is 1.91. The maximum Gasteiger partial charge on any atom is 0.511 e. The van der Waals surface area contributed by atoms with Gasteiger partial charge in [0, 0.05) is 31.4 Å². The number of hydrogen-bond donors (Lipinski definition) is 2. The Kier molecular flexibility index (Phi) is 8.77. The summed E-state index contributed by atoms with van der Waals surface area (Å²) < 4.78 is 81.3. The molecule has 210 valence electrons. The minimum Gasteiger partial charge on any atom is -0.395 e. The van der Waals surface area contributed by atoms with Crippen molar-refractivity contribution in [1.29, 1.82) is 0 Å². The number of aryl methyl sites for hydroxylation is 2. The van der Waals surface area contributed by atoms with E-state index in [2.05, 4.69) is 10.3 Å². The van der Waals surface area contributed by atoms with Gasteiger partial charge in [0.15, 0.2) is 5.82 Å². The molecular weight excluding hydrogens is 536 g/mol. The smallest absolute Gasteiger partial charge is 0.395 e. The molecule has 0 bridgehead atoms. The molecule has 3 aromatic rings. The Bertz CT molecular complexity index is 1390. The Hall–Kier alpha value is -3.22. The van der Waals surface area contributed by atoms with E-state index >= 15 is 0 Å². The van der Waals surface area contributed by atoms with Crippen LogP contribution >= 0.6 is 0 Å². The molecule has 1 atom stereocenters. The number of halogens is 4. The van der Waals surface area contributed by atoms with Gasteiger partial charge in [0.05, 0.1) is 30.7 Å². The van der Waals surface area contributed by atoms with Crippen LogP contribution in [0.15, 0.2) is 60.8 Å². The third-order valence-electron chi connectivity index (χ3n) is 6.80. The summed E-state index contributed by atoms with van der Waals surface area (Å²) in [4.78, 5) is 6.06. The van der Waals surface area contributed by atoms with Crippen LogP contribution in [0.3, 0.4) is 0 Å². The minimum absolute atomic E-state index is 0.101. The molecule has 0 radical (unpaired) electrons. The van der Waals surface area contributed by atoms with Crippen molar-refractivity contribution < 1.29 is 31.1 Å². The van der Waals surface area contributed by atoms with E-state index in [4.69, 9.17) is 5.11 Å². The first kappa shape index (κ1) is 28.8. The van der Waals surface area contributed by atoms with E-state index in [1.165, 1.54) is 6.07 Å². The summed E-state index contributed by atoms with van der Waals surface area (Å²) >= 11 is 0. The Labute approximate surface area is 225 Å². The van der Waals surface area contributed by atoms with Crippen LogP contribution in [0, 0.1) is 12.7 Å². The molecule has 39 heavy (non-hydrogen) atoms. The van der Waals surface area contributed by atoms with E-state index in [1.807, 2.05) is 35.2 Å². The highest BCUT2D eigenvalue weighted by molar-refractivity contribution is 7.89. The highest BCUT2D eigenvalue weighted by atomic mass is 32.2. The Morgan fingerprint density at radius 2 is 1.87 bits per heavy atom. The molecule has 4 rings (SSSR count). The van der Waals surface area contributed by atoms with E-state index in [1.54, 1.807) is 25.1 Å². The molecule has 2 N–H and O–H groups in total. The van der Waals surface area contributed by atoms with Crippen molar-refractivity contribution in [1.82, 2.24) is 9.29 Å². The molecule has 0 spiro atoms. The van der Waals surface area contributed by atoms with Crippen LogP contribution in [0.2, 0.25) is 0 Å². The van der Waals surface area contributed by atoms with Gasteiger partial charge >= 0.3 is 15.5 Å². The van der Waals surface area contributed by atoms with Crippen molar-refractivity contribution in [3.8, 4) is 0 Å². The van der Waals surface area contributed by atoms with Crippen molar-refractivity contribution in [2.75, 3.05) is 29.9 Å². The molecule has 1 aromatic heterocycles. The Balaban J connectivity index is 1.78. The zero-order chi connectivity index (χ0) is 28.2. The van der Waals surface area contributed by atoms with Gasteiger partial charge in [0.25, 0.3) is 0 Å². The molecule has 0 saturated carbocycles. The van der Waals surface area contributed by atoms with Gasteiger partial charge in [-0.3, -0.25) is 4.98 Å². The lowest BCUT2D eigenvalue weighted by atomic mass is 10.0. The summed E-state index contributed by atoms with van der Waals surface area (Å²) in [6, 6.07) is 15.5. The number of benzene rings is 2. The van der Waals surface area contributed by atoms with Crippen molar-refractivity contribution in [2.45, 2.75) is 44.4 Å². The van der Waals surface area contributed by atoms with Crippen molar-refractivity contribution in [2.24, 2.45) is 0 Å². The van der Waals surface area contributed by atoms with E-state index in [0.717, 1.165) is 11.8 Å². The predicted octanol–water partition coefficient (Wildman–Crippen LogP) is 4.61. The quantitative estimate of drug-likeness (QED) is 0.368. The summed E-state index contributed by atoms with van der Waals surface area (Å²) in [7, 11) is -5.61. The Morgan fingerprint density at radius 3 is 2.56 bits per heavy atom. The Morgan fingerprint density at radius 1 is 1.13 bits per heavy atom. The van der Waals surface area contributed by atoms with Crippen molar-refractivity contribution >= 4 is 21.4 Å². The number of alkyl halides is 3. The van der Waals surface area contributed by atoms with E-state index in [9.17, 15) is 26.0 Å². The number of anilines is 2. The first-order valence-electron chi connectivity index (χ1n) is 12.5. The first-order valence-corrected chi connectivity index (χ1v) is 13.9. The molecule has 1 unspecified atom stereocenters. The number of aliphatic hydroxyl groups is 1. The van der Waals surface area contributed by atoms with Gasteiger partial charge in [-0.1, -0.05) is 42.5 Å². The SMILES string of the molecule is Cc1cccc2c1CN(S(=O)(=O)C(F)(F)F)CC(CCc1ccccc1)N2Cc1cc(NCCO)c(F)cn1. The fourth-order valence-electron chi connectivity index (χ4n) is 4.77. The number of hydrogen-bond acceptors (Lipinski definition) is 6. The molecule has 0 amide bonds. The van der Waals surface area contributed by atoms with Gasteiger partial charge in [0.2, 0.25) is 0 Å². The monoisotopic (exact) mass is 566 g/mol. The van der Waals surface area contributed by atoms with Crippen LogP contribution in [-0.4, -0.2) is 54.1 Å². The fourth-order valence-corrected chi connectivity index (χ4v) is 5.73. The number of nitrogens with one attached hydrogen (secondary N) is 1. The van der Waals surface area contributed by atoms with Crippen LogP contribution in [0.5, 0.6) is 0 Å². The second-order valence-corrected chi connectivity index (χ2v) is 11.4. The van der Waals surface area contributed by atoms with Gasteiger partial charge in [-0.25, -0.2) is 12.8 Å². The van der Waals surface area contributed by atoms with Crippen LogP contribution in [-0.2, 0) is 29.5 Å². The second kappa shape index (κ2) is 11.9. The molecule has 1 aliphatic rings. The standard InChI is InChI=1S/C27H30F4N4O3S/c1-19-6-5-9-26-23(19)18-34(39(37,38)27(29,30)31)17-22(11-10-20-7-3-2-4-8-20)35(26)16-21-14-25(32-12-13-36)24(28)15-33-21/h2-9,14-15,22,36H,10-13,16-18H2,1H3,(H,32,33). The summed E-state index contributed by atoms with van der Waals surface area (Å²) in [5.41, 5.74) is -2.19. The van der Waals surface area contributed by atoms with Crippen LogP contribution in [0.25, 0.3) is 0 Å². The number of fused-ring (bicyclic) bond motifs is 1. The zero-order valence-electron chi connectivity index (χ0n) is 21.3. The maximum absolute atomic E-state index is 14.3. The molecule has 2 aromatic carbocycles. The normalized spacial score (nSPS) is 16.6. The summed E-state index contributed by atoms with van der Waals surface area (Å²) in [5.74, 6) is -0.609. The third-order valence-corrected chi connectivity index (χ3v) is 8.34. The molecule has 0 saturated heterocycles. The largest absolute Gasteiger partial charge is 0.511 e. The number of rotatable bonds is 9. The first-order chi connectivity index (χ1) is 18.5. The average Bonchev–Trinajstić information content (AvgIpc) is 3.06. The molecule has 12 heteroatoms. The molecule has 0 fully saturated rings. The molecule has 1 aliphatic heterocycles. The lowest BCUT2D eigenvalue weighted by Crippen LogP contribution is -2.47. The number of aromatic nitrogens is 1. The van der Waals surface area contributed by atoms with E-state index in [-0.39, 0.29) is 31.9 Å². The fraction of sp³-hybridized carbons (Fsp3) is 0.370. The molecule has 7 nitrogen and oxygen atoms in total. The molecular formula is C27H30F4N4O3S. The van der Waals surface area contributed by atoms with E-state index < -0.39 is 33.9 Å². The highest BCUT2D eigenvalue weighted by Crippen LogP contribution is 2.37. The topological polar surface area (TPSA) is 85.8 Å². The van der Waals surface area contributed by atoms with Crippen LogP contribution in [0.4, 0.5) is 28.9 Å². The van der Waals surface area contributed by atoms with Crippen LogP contribution in [0.1, 0.15) is 28.8 Å². The second-order valence-electron chi connectivity index (χ2n) is 9.43. The number of sulfonamides is 1. The lowest BCUT2D eigenvalue weighted by molar-refractivity contribution is -0.0492.